The number of nitrogens with zero attached hydrogens (tertiary/aromatic N) is 4. The molecule has 0 unspecified atom stereocenters. The zero-order chi connectivity index (χ0) is 18.7. The molecular formula is C17H13F3N4O2. The van der Waals surface area contributed by atoms with Gasteiger partial charge in [-0.15, -0.1) is 0 Å². The van der Waals surface area contributed by atoms with E-state index in [0.29, 0.717) is 11.3 Å². The molecule has 0 aliphatic carbocycles. The first-order chi connectivity index (χ1) is 12.4. The Balaban J connectivity index is 2.09. The first-order valence-corrected chi connectivity index (χ1v) is 7.61. The molecule has 0 saturated carbocycles. The number of rotatable bonds is 4. The first kappa shape index (κ1) is 17.6. The van der Waals surface area contributed by atoms with Gasteiger partial charge in [-0.3, -0.25) is 4.98 Å². The van der Waals surface area contributed by atoms with Crippen LogP contribution in [0, 0.1) is 0 Å². The summed E-state index contributed by atoms with van der Waals surface area (Å²) in [6.07, 6.45) is -0.370. The molecule has 26 heavy (non-hydrogen) atoms. The average Bonchev–Trinajstić information content (AvgIpc) is 3.07. The molecule has 0 fully saturated rings. The summed E-state index contributed by atoms with van der Waals surface area (Å²) in [5, 5.41) is 4.17. The normalized spacial score (nSPS) is 11.4. The molecule has 6 nitrogen and oxygen atoms in total. The van der Waals surface area contributed by atoms with Gasteiger partial charge in [0, 0.05) is 18.0 Å². The van der Waals surface area contributed by atoms with Crippen molar-refractivity contribution in [3.05, 3.63) is 60.3 Å². The lowest BCUT2D eigenvalue weighted by Crippen LogP contribution is -2.09. The van der Waals surface area contributed by atoms with Crippen molar-refractivity contribution in [2.75, 3.05) is 6.61 Å². The van der Waals surface area contributed by atoms with Crippen LogP contribution in [-0.2, 0) is 10.9 Å². The highest BCUT2D eigenvalue weighted by Gasteiger charge is 2.32. The maximum atomic E-state index is 12.7. The van der Waals surface area contributed by atoms with E-state index in [1.54, 1.807) is 31.5 Å². The van der Waals surface area contributed by atoms with E-state index in [0.717, 1.165) is 12.3 Å². The van der Waals surface area contributed by atoms with Crippen molar-refractivity contribution in [1.29, 1.82) is 0 Å². The monoisotopic (exact) mass is 362 g/mol. The molecule has 0 aromatic carbocycles. The van der Waals surface area contributed by atoms with Crippen LogP contribution in [0.4, 0.5) is 13.2 Å². The third-order valence-electron chi connectivity index (χ3n) is 3.45. The Bertz CT molecular complexity index is 906. The second-order valence-electron chi connectivity index (χ2n) is 5.18. The van der Waals surface area contributed by atoms with Crippen LogP contribution in [-0.4, -0.2) is 32.3 Å². The number of pyridine rings is 2. The van der Waals surface area contributed by atoms with Gasteiger partial charge in [-0.25, -0.2) is 14.5 Å². The van der Waals surface area contributed by atoms with Crippen LogP contribution in [0.25, 0.3) is 16.9 Å². The van der Waals surface area contributed by atoms with Gasteiger partial charge in [0.25, 0.3) is 0 Å². The number of hydrogen-bond donors (Lipinski definition) is 0. The van der Waals surface area contributed by atoms with Gasteiger partial charge in [0.15, 0.2) is 5.69 Å². The Hall–Kier alpha value is -3.23. The van der Waals surface area contributed by atoms with E-state index in [1.165, 1.54) is 16.8 Å². The number of carbonyl (C=O) groups is 1. The summed E-state index contributed by atoms with van der Waals surface area (Å²) >= 11 is 0. The zero-order valence-corrected chi connectivity index (χ0v) is 13.6. The Morgan fingerprint density at radius 1 is 1.19 bits per heavy atom. The Labute approximate surface area is 146 Å². The van der Waals surface area contributed by atoms with Gasteiger partial charge < -0.3 is 4.74 Å². The van der Waals surface area contributed by atoms with Crippen LogP contribution in [0.2, 0.25) is 0 Å². The van der Waals surface area contributed by atoms with Crippen molar-refractivity contribution in [2.45, 2.75) is 13.1 Å². The van der Waals surface area contributed by atoms with Gasteiger partial charge in [0.1, 0.15) is 5.69 Å². The molecule has 0 amide bonds. The minimum absolute atomic E-state index is 0.0403. The summed E-state index contributed by atoms with van der Waals surface area (Å²) in [7, 11) is 0. The van der Waals surface area contributed by atoms with Gasteiger partial charge in [-0.1, -0.05) is 0 Å². The predicted molar refractivity (Wildman–Crippen MR) is 85.5 cm³/mol. The third-order valence-corrected chi connectivity index (χ3v) is 3.45. The standard InChI is InChI=1S/C17H13F3N4O2/c1-2-26-16(25)13-9-14(11-5-7-21-8-6-11)24(23-13)12-3-4-15(22-10-12)17(18,19)20/h3-10H,2H2,1H3. The highest BCUT2D eigenvalue weighted by molar-refractivity contribution is 5.89. The van der Waals surface area contributed by atoms with E-state index < -0.39 is 17.8 Å². The minimum Gasteiger partial charge on any atom is -0.461 e. The first-order valence-electron chi connectivity index (χ1n) is 7.61. The zero-order valence-electron chi connectivity index (χ0n) is 13.6. The van der Waals surface area contributed by atoms with Gasteiger partial charge in [0.2, 0.25) is 0 Å². The Morgan fingerprint density at radius 2 is 1.92 bits per heavy atom. The Kier molecular flexibility index (Phi) is 4.70. The topological polar surface area (TPSA) is 69.9 Å². The number of hydrogen-bond acceptors (Lipinski definition) is 5. The van der Waals surface area contributed by atoms with Crippen LogP contribution in [0.1, 0.15) is 23.1 Å². The molecule has 134 valence electrons. The second-order valence-corrected chi connectivity index (χ2v) is 5.18. The van der Waals surface area contributed by atoms with Crippen LogP contribution in [0.5, 0.6) is 0 Å². The SMILES string of the molecule is CCOC(=O)c1cc(-c2ccncc2)n(-c2ccc(C(F)(F)F)nc2)n1. The van der Waals surface area contributed by atoms with Gasteiger partial charge in [-0.2, -0.15) is 18.3 Å². The summed E-state index contributed by atoms with van der Waals surface area (Å²) in [4.78, 5) is 19.3. The van der Waals surface area contributed by atoms with Crippen LogP contribution in [0.3, 0.4) is 0 Å². The fraction of sp³-hybridized carbons (Fsp3) is 0.176. The summed E-state index contributed by atoms with van der Waals surface area (Å²) in [6, 6.07) is 6.99. The van der Waals surface area contributed by atoms with Crippen molar-refractivity contribution in [3.63, 3.8) is 0 Å². The fourth-order valence-corrected chi connectivity index (χ4v) is 2.29. The highest BCUT2D eigenvalue weighted by Crippen LogP contribution is 2.29. The molecule has 0 aliphatic rings. The van der Waals surface area contributed by atoms with Gasteiger partial charge >= 0.3 is 12.1 Å². The van der Waals surface area contributed by atoms with Crippen LogP contribution >= 0.6 is 0 Å². The average molecular weight is 362 g/mol. The van der Waals surface area contributed by atoms with Crippen molar-refractivity contribution in [1.82, 2.24) is 19.7 Å². The van der Waals surface area contributed by atoms with Crippen LogP contribution < -0.4 is 0 Å². The quantitative estimate of drug-likeness (QED) is 0.664. The number of esters is 1. The van der Waals surface area contributed by atoms with E-state index in [-0.39, 0.29) is 18.0 Å². The molecule has 0 radical (unpaired) electrons. The highest BCUT2D eigenvalue weighted by atomic mass is 19.4. The summed E-state index contributed by atoms with van der Waals surface area (Å²) < 4.78 is 44.4. The van der Waals surface area contributed by atoms with E-state index in [1.807, 2.05) is 0 Å². The largest absolute Gasteiger partial charge is 0.461 e. The lowest BCUT2D eigenvalue weighted by atomic mass is 10.2. The van der Waals surface area contributed by atoms with Gasteiger partial charge in [0.05, 0.1) is 24.2 Å². The summed E-state index contributed by atoms with van der Waals surface area (Å²) in [5.74, 6) is -0.624. The number of alkyl halides is 3. The fourth-order valence-electron chi connectivity index (χ4n) is 2.29. The molecule has 3 rings (SSSR count). The van der Waals surface area contributed by atoms with E-state index in [4.69, 9.17) is 4.74 Å². The molecular weight excluding hydrogens is 349 g/mol. The van der Waals surface area contributed by atoms with E-state index >= 15 is 0 Å². The second kappa shape index (κ2) is 6.95. The number of carbonyl (C=O) groups excluding carboxylic acids is 1. The maximum absolute atomic E-state index is 12.7. The van der Waals surface area contributed by atoms with Crippen molar-refractivity contribution in [2.24, 2.45) is 0 Å². The summed E-state index contributed by atoms with van der Waals surface area (Å²) in [5.41, 5.74) is 0.489. The molecule has 0 bridgehead atoms. The molecule has 3 aromatic heterocycles. The van der Waals surface area contributed by atoms with Crippen molar-refractivity contribution >= 4 is 5.97 Å². The Morgan fingerprint density at radius 3 is 2.50 bits per heavy atom. The number of ether oxygens (including phenoxy) is 1. The number of halogens is 3. The molecule has 3 aromatic rings. The molecule has 3 heterocycles. The smallest absolute Gasteiger partial charge is 0.433 e. The lowest BCUT2D eigenvalue weighted by Gasteiger charge is -2.09. The molecule has 0 saturated heterocycles. The van der Waals surface area contributed by atoms with Crippen molar-refractivity contribution < 1.29 is 22.7 Å². The van der Waals surface area contributed by atoms with Crippen LogP contribution in [0.15, 0.2) is 48.9 Å². The number of aromatic nitrogens is 4. The molecule has 0 aliphatic heterocycles. The minimum atomic E-state index is -4.54. The van der Waals surface area contributed by atoms with Gasteiger partial charge in [-0.05, 0) is 37.3 Å². The molecule has 9 heteroatoms. The van der Waals surface area contributed by atoms with E-state index in [9.17, 15) is 18.0 Å². The molecule has 0 N–H and O–H groups in total. The van der Waals surface area contributed by atoms with Crippen molar-refractivity contribution in [3.8, 4) is 16.9 Å². The predicted octanol–water partition coefficient (Wildman–Crippen LogP) is 3.52. The molecule has 0 spiro atoms. The van der Waals surface area contributed by atoms with E-state index in [2.05, 4.69) is 15.1 Å². The lowest BCUT2D eigenvalue weighted by molar-refractivity contribution is -0.141. The molecule has 0 atom stereocenters. The third kappa shape index (κ3) is 3.56. The maximum Gasteiger partial charge on any atom is 0.433 e. The summed E-state index contributed by atoms with van der Waals surface area (Å²) in [6.45, 7) is 1.84.